The highest BCUT2D eigenvalue weighted by atomic mass is 32.1. The first-order chi connectivity index (χ1) is 16.5. The number of fused-ring (bicyclic) bond motifs is 2. The van der Waals surface area contributed by atoms with Gasteiger partial charge in [-0.25, -0.2) is 9.78 Å². The molecule has 1 amide bonds. The third kappa shape index (κ3) is 4.08. The number of thiazole rings is 1. The number of benzene rings is 3. The third-order valence-corrected chi connectivity index (χ3v) is 6.94. The van der Waals surface area contributed by atoms with Crippen LogP contribution in [0.25, 0.3) is 21.3 Å². The van der Waals surface area contributed by atoms with Crippen molar-refractivity contribution in [3.63, 3.8) is 0 Å². The summed E-state index contributed by atoms with van der Waals surface area (Å²) >= 11 is 1.46. The summed E-state index contributed by atoms with van der Waals surface area (Å²) in [6.45, 7) is 0.699. The van der Waals surface area contributed by atoms with Gasteiger partial charge in [-0.2, -0.15) is 0 Å². The SMILES string of the molecule is COc1ccc2nc(N(Cc3ccccc3)C(=O)CCn3c(=O)n(C)c4ccccc43)sc2c1. The van der Waals surface area contributed by atoms with Crippen LogP contribution in [0, 0.1) is 0 Å². The maximum Gasteiger partial charge on any atom is 0.328 e. The number of anilines is 1. The minimum Gasteiger partial charge on any atom is -0.497 e. The zero-order valence-electron chi connectivity index (χ0n) is 19.0. The molecule has 2 heterocycles. The Hall–Kier alpha value is -3.91. The first kappa shape index (κ1) is 21.9. The van der Waals surface area contributed by atoms with Crippen LogP contribution in [0.3, 0.4) is 0 Å². The van der Waals surface area contributed by atoms with Crippen LogP contribution in [-0.2, 0) is 24.9 Å². The van der Waals surface area contributed by atoms with Crippen LogP contribution in [0.5, 0.6) is 5.75 Å². The van der Waals surface area contributed by atoms with Crippen molar-refractivity contribution in [1.29, 1.82) is 0 Å². The minimum absolute atomic E-state index is 0.0882. The van der Waals surface area contributed by atoms with Crippen LogP contribution < -0.4 is 15.3 Å². The third-order valence-electron chi connectivity index (χ3n) is 5.90. The highest BCUT2D eigenvalue weighted by Gasteiger charge is 2.21. The summed E-state index contributed by atoms with van der Waals surface area (Å²) in [5.41, 5.74) is 3.37. The van der Waals surface area contributed by atoms with E-state index in [-0.39, 0.29) is 18.0 Å². The molecule has 0 saturated heterocycles. The standard InChI is InChI=1S/C26H24N4O3S/c1-28-21-10-6-7-11-22(21)29(26(28)32)15-14-24(31)30(17-18-8-4-3-5-9-18)25-27-20-13-12-19(33-2)16-23(20)34-25/h3-13,16H,14-15,17H2,1-2H3. The van der Waals surface area contributed by atoms with Crippen molar-refractivity contribution in [2.45, 2.75) is 19.5 Å². The maximum atomic E-state index is 13.5. The van der Waals surface area contributed by atoms with E-state index in [1.54, 1.807) is 28.2 Å². The number of aromatic nitrogens is 3. The summed E-state index contributed by atoms with van der Waals surface area (Å²) in [6.07, 6.45) is 0.181. The smallest absolute Gasteiger partial charge is 0.328 e. The van der Waals surface area contributed by atoms with E-state index >= 15 is 0 Å². The van der Waals surface area contributed by atoms with Crippen molar-refractivity contribution < 1.29 is 9.53 Å². The van der Waals surface area contributed by atoms with E-state index in [4.69, 9.17) is 9.72 Å². The average molecular weight is 473 g/mol. The predicted molar refractivity (Wildman–Crippen MR) is 136 cm³/mol. The van der Waals surface area contributed by atoms with Gasteiger partial charge in [0, 0.05) is 20.0 Å². The zero-order chi connectivity index (χ0) is 23.7. The molecule has 0 spiro atoms. The predicted octanol–water partition coefficient (Wildman–Crippen LogP) is 4.58. The maximum absolute atomic E-state index is 13.5. The quantitative estimate of drug-likeness (QED) is 0.348. The highest BCUT2D eigenvalue weighted by molar-refractivity contribution is 7.22. The number of rotatable bonds is 7. The van der Waals surface area contributed by atoms with E-state index in [0.717, 1.165) is 32.6 Å². The highest BCUT2D eigenvalue weighted by Crippen LogP contribution is 2.32. The fraction of sp³-hybridized carbons (Fsp3) is 0.192. The summed E-state index contributed by atoms with van der Waals surface area (Å²) in [5.74, 6) is 0.661. The molecular formula is C26H24N4O3S. The van der Waals surface area contributed by atoms with Crippen molar-refractivity contribution in [1.82, 2.24) is 14.1 Å². The van der Waals surface area contributed by atoms with Gasteiger partial charge >= 0.3 is 5.69 Å². The van der Waals surface area contributed by atoms with Crippen molar-refractivity contribution >= 4 is 43.6 Å². The van der Waals surface area contributed by atoms with E-state index < -0.39 is 0 Å². The normalized spacial score (nSPS) is 11.2. The fourth-order valence-electron chi connectivity index (χ4n) is 4.09. The molecule has 0 N–H and O–H groups in total. The minimum atomic E-state index is -0.129. The van der Waals surface area contributed by atoms with Crippen LogP contribution in [0.2, 0.25) is 0 Å². The Bertz CT molecular complexity index is 1530. The fourth-order valence-corrected chi connectivity index (χ4v) is 5.10. The molecule has 7 nitrogen and oxygen atoms in total. The van der Waals surface area contributed by atoms with Gasteiger partial charge in [0.25, 0.3) is 0 Å². The van der Waals surface area contributed by atoms with Gasteiger partial charge in [-0.3, -0.25) is 18.8 Å². The Morgan fingerprint density at radius 1 is 1.03 bits per heavy atom. The first-order valence-corrected chi connectivity index (χ1v) is 11.8. The Balaban J connectivity index is 1.46. The molecule has 5 rings (SSSR count). The molecule has 0 aliphatic rings. The summed E-state index contributed by atoms with van der Waals surface area (Å²) in [6, 6.07) is 23.2. The Morgan fingerprint density at radius 2 is 1.76 bits per heavy atom. The largest absolute Gasteiger partial charge is 0.497 e. The van der Waals surface area contributed by atoms with Crippen LogP contribution in [-0.4, -0.2) is 27.1 Å². The topological polar surface area (TPSA) is 69.4 Å². The van der Waals surface area contributed by atoms with E-state index in [2.05, 4.69) is 0 Å². The molecule has 8 heteroatoms. The van der Waals surface area contributed by atoms with Gasteiger partial charge in [-0.1, -0.05) is 53.8 Å². The Kier molecular flexibility index (Phi) is 5.90. The van der Waals surface area contributed by atoms with Crippen LogP contribution in [0.1, 0.15) is 12.0 Å². The van der Waals surface area contributed by atoms with Gasteiger partial charge < -0.3 is 4.74 Å². The molecule has 0 atom stereocenters. The summed E-state index contributed by atoms with van der Waals surface area (Å²) in [5, 5.41) is 0.627. The molecule has 0 bridgehead atoms. The number of hydrogen-bond donors (Lipinski definition) is 0. The molecule has 0 aliphatic carbocycles. The van der Waals surface area contributed by atoms with Gasteiger partial charge in [0.05, 0.1) is 34.9 Å². The van der Waals surface area contributed by atoms with Crippen molar-refractivity contribution in [3.8, 4) is 5.75 Å². The number of carbonyl (C=O) groups is 1. The van der Waals surface area contributed by atoms with E-state index in [1.807, 2.05) is 72.8 Å². The number of carbonyl (C=O) groups excluding carboxylic acids is 1. The molecule has 0 unspecified atom stereocenters. The lowest BCUT2D eigenvalue weighted by Crippen LogP contribution is -2.32. The molecule has 0 aliphatic heterocycles. The van der Waals surface area contributed by atoms with E-state index in [9.17, 15) is 9.59 Å². The van der Waals surface area contributed by atoms with Gasteiger partial charge in [0.15, 0.2) is 5.13 Å². The summed E-state index contributed by atoms with van der Waals surface area (Å²) in [4.78, 5) is 32.7. The summed E-state index contributed by atoms with van der Waals surface area (Å²) in [7, 11) is 3.38. The summed E-state index contributed by atoms with van der Waals surface area (Å²) < 4.78 is 9.56. The van der Waals surface area contributed by atoms with Crippen LogP contribution in [0.4, 0.5) is 5.13 Å². The number of amides is 1. The van der Waals surface area contributed by atoms with Crippen molar-refractivity contribution in [2.24, 2.45) is 7.05 Å². The molecule has 5 aromatic rings. The van der Waals surface area contributed by atoms with Crippen LogP contribution in [0.15, 0.2) is 77.6 Å². The molecule has 2 aromatic heterocycles. The van der Waals surface area contributed by atoms with Gasteiger partial charge in [0.1, 0.15) is 5.75 Å². The van der Waals surface area contributed by atoms with Gasteiger partial charge in [0.2, 0.25) is 5.91 Å². The monoisotopic (exact) mass is 472 g/mol. The second-order valence-corrected chi connectivity index (χ2v) is 9.04. The number of imidazole rings is 1. The second-order valence-electron chi connectivity index (χ2n) is 8.03. The average Bonchev–Trinajstić information content (AvgIpc) is 3.40. The molecular weight excluding hydrogens is 448 g/mol. The second kappa shape index (κ2) is 9.15. The number of aryl methyl sites for hydroxylation is 2. The number of ether oxygens (including phenoxy) is 1. The number of para-hydroxylation sites is 2. The van der Waals surface area contributed by atoms with E-state index in [0.29, 0.717) is 18.2 Å². The van der Waals surface area contributed by atoms with E-state index in [1.165, 1.54) is 11.3 Å². The van der Waals surface area contributed by atoms with Crippen LogP contribution >= 0.6 is 11.3 Å². The Morgan fingerprint density at radius 3 is 2.53 bits per heavy atom. The first-order valence-electron chi connectivity index (χ1n) is 11.0. The number of nitrogens with zero attached hydrogens (tertiary/aromatic N) is 4. The zero-order valence-corrected chi connectivity index (χ0v) is 19.8. The molecule has 0 radical (unpaired) electrons. The molecule has 0 fully saturated rings. The van der Waals surface area contributed by atoms with Gasteiger partial charge in [-0.15, -0.1) is 0 Å². The number of hydrogen-bond acceptors (Lipinski definition) is 5. The lowest BCUT2D eigenvalue weighted by Gasteiger charge is -2.20. The van der Waals surface area contributed by atoms with Crippen molar-refractivity contribution in [2.75, 3.05) is 12.0 Å². The Labute approximate surface area is 200 Å². The molecule has 172 valence electrons. The lowest BCUT2D eigenvalue weighted by atomic mass is 10.2. The molecule has 0 saturated carbocycles. The number of methoxy groups -OCH3 is 1. The van der Waals surface area contributed by atoms with Crippen molar-refractivity contribution in [3.05, 3.63) is 88.8 Å². The molecule has 3 aromatic carbocycles. The van der Waals surface area contributed by atoms with Gasteiger partial charge in [-0.05, 0) is 35.9 Å². The molecule has 34 heavy (non-hydrogen) atoms. The lowest BCUT2D eigenvalue weighted by molar-refractivity contribution is -0.119.